The second-order valence-electron chi connectivity index (χ2n) is 5.74. The van der Waals surface area contributed by atoms with Crippen molar-refractivity contribution >= 4 is 17.5 Å². The van der Waals surface area contributed by atoms with Crippen LogP contribution in [0.5, 0.6) is 0 Å². The molecule has 0 bridgehead atoms. The quantitative estimate of drug-likeness (QED) is 0.683. The molecule has 1 rings (SSSR count). The van der Waals surface area contributed by atoms with Crippen LogP contribution in [0.2, 0.25) is 0 Å². The van der Waals surface area contributed by atoms with E-state index in [9.17, 15) is 9.59 Å². The monoisotopic (exact) mass is 304 g/mol. The number of nitrogens with one attached hydrogen (secondary N) is 2. The topological polar surface area (TPSA) is 58.2 Å². The summed E-state index contributed by atoms with van der Waals surface area (Å²) < 4.78 is 0. The lowest BCUT2D eigenvalue weighted by molar-refractivity contribution is -0.127. The summed E-state index contributed by atoms with van der Waals surface area (Å²) in [5.41, 5.74) is 0.751. The number of rotatable bonds is 9. The van der Waals surface area contributed by atoms with E-state index in [4.69, 9.17) is 0 Å². The lowest BCUT2D eigenvalue weighted by atomic mass is 9.98. The Labute approximate surface area is 133 Å². The Kier molecular flexibility index (Phi) is 8.26. The number of hydrogen-bond acceptors (Lipinski definition) is 2. The van der Waals surface area contributed by atoms with Gasteiger partial charge in [-0.25, -0.2) is 0 Å². The van der Waals surface area contributed by atoms with Gasteiger partial charge < -0.3 is 10.6 Å². The van der Waals surface area contributed by atoms with Crippen molar-refractivity contribution in [3.8, 4) is 0 Å². The highest BCUT2D eigenvalue weighted by Gasteiger charge is 2.25. The zero-order valence-corrected chi connectivity index (χ0v) is 13.9. The average molecular weight is 304 g/mol. The number of unbranched alkanes of at least 4 members (excludes halogenated alkanes) is 2. The smallest absolute Gasteiger partial charge is 0.247 e. The number of hydrogen-bond donors (Lipinski definition) is 2. The minimum Gasteiger partial charge on any atom is -0.344 e. The van der Waals surface area contributed by atoms with Crippen molar-refractivity contribution < 1.29 is 9.59 Å². The van der Waals surface area contributed by atoms with E-state index in [1.54, 1.807) is 0 Å². The maximum Gasteiger partial charge on any atom is 0.247 e. The summed E-state index contributed by atoms with van der Waals surface area (Å²) in [6.07, 6.45) is 4.31. The van der Waals surface area contributed by atoms with E-state index in [0.29, 0.717) is 6.42 Å². The Bertz CT molecular complexity index is 459. The molecule has 0 spiro atoms. The van der Waals surface area contributed by atoms with Crippen molar-refractivity contribution in [3.63, 3.8) is 0 Å². The first-order valence-corrected chi connectivity index (χ1v) is 8.23. The van der Waals surface area contributed by atoms with E-state index in [1.807, 2.05) is 44.2 Å². The highest BCUT2D eigenvalue weighted by Crippen LogP contribution is 2.12. The number of benzene rings is 1. The molecular formula is C18H28N2O2. The number of amides is 2. The summed E-state index contributed by atoms with van der Waals surface area (Å²) >= 11 is 0. The third-order valence-electron chi connectivity index (χ3n) is 3.86. The summed E-state index contributed by atoms with van der Waals surface area (Å²) in [5, 5.41) is 5.77. The molecular weight excluding hydrogens is 276 g/mol. The first kappa shape index (κ1) is 18.2. The molecule has 22 heavy (non-hydrogen) atoms. The molecule has 0 aromatic heterocycles. The molecule has 0 saturated carbocycles. The van der Waals surface area contributed by atoms with Crippen LogP contribution in [-0.4, -0.2) is 17.9 Å². The van der Waals surface area contributed by atoms with Crippen molar-refractivity contribution in [2.75, 3.05) is 5.32 Å². The van der Waals surface area contributed by atoms with Gasteiger partial charge in [0.25, 0.3) is 0 Å². The Balaban J connectivity index is 2.63. The lowest BCUT2D eigenvalue weighted by Gasteiger charge is -2.23. The fraction of sp³-hybridized carbons (Fsp3) is 0.556. The first-order valence-electron chi connectivity index (χ1n) is 8.23. The van der Waals surface area contributed by atoms with Gasteiger partial charge in [0.05, 0.1) is 0 Å². The lowest BCUT2D eigenvalue weighted by Crippen LogP contribution is -2.47. The molecule has 0 unspecified atom stereocenters. The molecule has 4 nitrogen and oxygen atoms in total. The predicted octanol–water partition coefficient (Wildman–Crippen LogP) is 3.74. The number of carbonyl (C=O) groups is 2. The first-order chi connectivity index (χ1) is 10.6. The molecule has 4 heteroatoms. The van der Waals surface area contributed by atoms with Crippen molar-refractivity contribution in [3.05, 3.63) is 30.3 Å². The van der Waals surface area contributed by atoms with Crippen molar-refractivity contribution in [1.29, 1.82) is 0 Å². The van der Waals surface area contributed by atoms with Gasteiger partial charge in [-0.3, -0.25) is 9.59 Å². The molecule has 2 N–H and O–H groups in total. The maximum atomic E-state index is 12.5. The van der Waals surface area contributed by atoms with Crippen LogP contribution in [0.3, 0.4) is 0 Å². The van der Waals surface area contributed by atoms with Crippen LogP contribution in [-0.2, 0) is 9.59 Å². The van der Waals surface area contributed by atoms with Crippen LogP contribution in [0.4, 0.5) is 5.69 Å². The number of anilines is 1. The fourth-order valence-electron chi connectivity index (χ4n) is 2.22. The van der Waals surface area contributed by atoms with Crippen molar-refractivity contribution in [1.82, 2.24) is 5.32 Å². The van der Waals surface area contributed by atoms with E-state index in [0.717, 1.165) is 31.4 Å². The molecule has 0 radical (unpaired) electrons. The third-order valence-corrected chi connectivity index (χ3v) is 3.86. The molecule has 0 aliphatic carbocycles. The van der Waals surface area contributed by atoms with Gasteiger partial charge in [-0.1, -0.05) is 58.2 Å². The number of para-hydroxylation sites is 1. The van der Waals surface area contributed by atoms with E-state index in [2.05, 4.69) is 17.6 Å². The molecule has 0 fully saturated rings. The second-order valence-corrected chi connectivity index (χ2v) is 5.74. The van der Waals surface area contributed by atoms with Gasteiger partial charge in [-0.2, -0.15) is 0 Å². The molecule has 2 amide bonds. The largest absolute Gasteiger partial charge is 0.344 e. The number of carbonyl (C=O) groups excluding carboxylic acids is 2. The predicted molar refractivity (Wildman–Crippen MR) is 90.6 cm³/mol. The second kappa shape index (κ2) is 9.98. The van der Waals surface area contributed by atoms with E-state index >= 15 is 0 Å². The van der Waals surface area contributed by atoms with Crippen LogP contribution < -0.4 is 10.6 Å². The van der Waals surface area contributed by atoms with Crippen LogP contribution in [0.15, 0.2) is 30.3 Å². The van der Waals surface area contributed by atoms with Crippen molar-refractivity contribution in [2.24, 2.45) is 5.92 Å². The van der Waals surface area contributed by atoms with Gasteiger partial charge >= 0.3 is 0 Å². The zero-order valence-electron chi connectivity index (χ0n) is 13.9. The molecule has 0 aliphatic heterocycles. The Morgan fingerprint density at radius 3 is 2.36 bits per heavy atom. The van der Waals surface area contributed by atoms with Gasteiger partial charge in [0, 0.05) is 12.1 Å². The molecule has 0 saturated heterocycles. The minimum absolute atomic E-state index is 0.0399. The normalized spacial score (nSPS) is 13.2. The molecule has 122 valence electrons. The van der Waals surface area contributed by atoms with Gasteiger partial charge in [0.15, 0.2) is 0 Å². The van der Waals surface area contributed by atoms with Crippen LogP contribution >= 0.6 is 0 Å². The minimum atomic E-state index is -0.487. The highest BCUT2D eigenvalue weighted by atomic mass is 16.2. The Hall–Kier alpha value is -1.84. The van der Waals surface area contributed by atoms with Crippen molar-refractivity contribution in [2.45, 2.75) is 58.9 Å². The van der Waals surface area contributed by atoms with E-state index < -0.39 is 6.04 Å². The summed E-state index contributed by atoms with van der Waals surface area (Å²) in [6.45, 7) is 6.12. The summed E-state index contributed by atoms with van der Waals surface area (Å²) in [7, 11) is 0. The molecule has 1 aromatic carbocycles. The standard InChI is InChI=1S/C18H28N2O2/c1-4-6-8-13-16(21)20-17(14(3)5-2)18(22)19-15-11-9-7-10-12-15/h7,9-12,14,17H,4-6,8,13H2,1-3H3,(H,19,22)(H,20,21)/t14-,17-/m0/s1. The SMILES string of the molecule is CCCCCC(=O)N[C@H](C(=O)Nc1ccccc1)[C@@H](C)CC. The average Bonchev–Trinajstić information content (AvgIpc) is 2.53. The Morgan fingerprint density at radius 2 is 1.77 bits per heavy atom. The third kappa shape index (κ3) is 6.29. The maximum absolute atomic E-state index is 12.5. The highest BCUT2D eigenvalue weighted by molar-refractivity contribution is 5.97. The fourth-order valence-corrected chi connectivity index (χ4v) is 2.22. The van der Waals surface area contributed by atoms with Gasteiger partial charge in [-0.05, 0) is 24.5 Å². The zero-order chi connectivity index (χ0) is 16.4. The van der Waals surface area contributed by atoms with Gasteiger partial charge in [0.2, 0.25) is 11.8 Å². The molecule has 1 aromatic rings. The van der Waals surface area contributed by atoms with E-state index in [1.165, 1.54) is 0 Å². The summed E-state index contributed by atoms with van der Waals surface area (Å²) in [5.74, 6) is -0.0924. The van der Waals surface area contributed by atoms with Crippen LogP contribution in [0, 0.1) is 5.92 Å². The Morgan fingerprint density at radius 1 is 1.09 bits per heavy atom. The van der Waals surface area contributed by atoms with Crippen LogP contribution in [0.25, 0.3) is 0 Å². The van der Waals surface area contributed by atoms with E-state index in [-0.39, 0.29) is 17.7 Å². The summed E-state index contributed by atoms with van der Waals surface area (Å²) in [6, 6.07) is 8.84. The van der Waals surface area contributed by atoms with Gasteiger partial charge in [0.1, 0.15) is 6.04 Å². The molecule has 2 atom stereocenters. The molecule has 0 heterocycles. The van der Waals surface area contributed by atoms with Crippen LogP contribution in [0.1, 0.15) is 52.9 Å². The summed E-state index contributed by atoms with van der Waals surface area (Å²) in [4.78, 5) is 24.5. The van der Waals surface area contributed by atoms with Gasteiger partial charge in [-0.15, -0.1) is 0 Å². The molecule has 0 aliphatic rings.